The number of ether oxygens (including phenoxy) is 1. The first-order chi connectivity index (χ1) is 13.0. The first-order valence-electron chi connectivity index (χ1n) is 8.20. The molecule has 2 aromatic heterocycles. The average Bonchev–Trinajstić information content (AvgIpc) is 3.34. The Labute approximate surface area is 164 Å². The molecule has 0 radical (unpaired) electrons. The summed E-state index contributed by atoms with van der Waals surface area (Å²) in [4.78, 5) is 8.38. The monoisotopic (exact) mass is 453 g/mol. The van der Waals surface area contributed by atoms with E-state index in [-0.39, 0.29) is 11.6 Å². The fourth-order valence-corrected chi connectivity index (χ4v) is 4.28. The normalized spacial score (nSPS) is 15.9. The van der Waals surface area contributed by atoms with Crippen molar-refractivity contribution in [1.29, 1.82) is 0 Å². The number of hydrogen-bond donors (Lipinski definition) is 0. The Morgan fingerprint density at radius 3 is 2.63 bits per heavy atom. The van der Waals surface area contributed by atoms with Crippen molar-refractivity contribution in [2.45, 2.75) is 11.6 Å². The Morgan fingerprint density at radius 1 is 1.15 bits per heavy atom. The lowest BCUT2D eigenvalue weighted by molar-refractivity contribution is 0.0729. The van der Waals surface area contributed by atoms with Crippen LogP contribution in [0, 0.1) is 0 Å². The lowest BCUT2D eigenvalue weighted by Gasteiger charge is -2.24. The van der Waals surface area contributed by atoms with Crippen LogP contribution in [0.1, 0.15) is 5.82 Å². The van der Waals surface area contributed by atoms with Gasteiger partial charge in [0.15, 0.2) is 10.9 Å². The van der Waals surface area contributed by atoms with Gasteiger partial charge >= 0.3 is 0 Å². The molecule has 0 saturated carbocycles. The van der Waals surface area contributed by atoms with Crippen LogP contribution >= 0.6 is 15.9 Å². The van der Waals surface area contributed by atoms with Gasteiger partial charge in [-0.15, -0.1) is 0 Å². The fraction of sp³-hybridized carbons (Fsp3) is 0.312. The van der Waals surface area contributed by atoms with Crippen molar-refractivity contribution in [3.8, 4) is 11.5 Å². The highest BCUT2D eigenvalue weighted by Gasteiger charge is 2.28. The van der Waals surface area contributed by atoms with Gasteiger partial charge in [-0.1, -0.05) is 21.1 Å². The molecule has 3 aromatic rings. The van der Waals surface area contributed by atoms with Crippen LogP contribution in [0.5, 0.6) is 0 Å². The number of halogens is 1. The fourth-order valence-electron chi connectivity index (χ4n) is 2.67. The molecule has 0 N–H and O–H groups in total. The smallest absolute Gasteiger partial charge is 0.262 e. The lowest BCUT2D eigenvalue weighted by Crippen LogP contribution is -2.40. The Balaban J connectivity index is 1.49. The van der Waals surface area contributed by atoms with Gasteiger partial charge in [0.1, 0.15) is 0 Å². The Bertz CT molecular complexity index is 1030. The number of imidazole rings is 1. The summed E-state index contributed by atoms with van der Waals surface area (Å²) in [5.74, 6) is 0.833. The molecule has 142 valence electrons. The molecule has 1 fully saturated rings. The largest absolute Gasteiger partial charge is 0.379 e. The minimum atomic E-state index is -3.62. The highest BCUT2D eigenvalue weighted by molar-refractivity contribution is 9.10. The lowest BCUT2D eigenvalue weighted by atomic mass is 10.2. The van der Waals surface area contributed by atoms with Crippen LogP contribution in [0.25, 0.3) is 11.5 Å². The molecule has 4 rings (SSSR count). The number of aromatic nitrogens is 4. The highest BCUT2D eigenvalue weighted by atomic mass is 79.9. The molecule has 27 heavy (non-hydrogen) atoms. The number of nitrogens with zero attached hydrogens (tertiary/aromatic N) is 5. The number of hydrogen-bond acceptors (Lipinski definition) is 7. The number of morpholine rings is 1. The van der Waals surface area contributed by atoms with E-state index in [1.807, 2.05) is 24.3 Å². The molecule has 9 nitrogen and oxygen atoms in total. The Hall–Kier alpha value is -2.08. The van der Waals surface area contributed by atoms with E-state index in [2.05, 4.69) is 31.1 Å². The van der Waals surface area contributed by atoms with Crippen molar-refractivity contribution in [2.75, 3.05) is 26.3 Å². The molecule has 0 unspecified atom stereocenters. The minimum Gasteiger partial charge on any atom is -0.379 e. The standard InChI is InChI=1S/C16H16BrN5O4S/c17-13-3-1-12(2-4-13)16-19-14(20-26-16)9-21-10-15(18-11-21)27(23,24)22-5-7-25-8-6-22/h1-4,10-11H,5-9H2. The molecular formula is C16H16BrN5O4S. The molecule has 3 heterocycles. The SMILES string of the molecule is O=S(=O)(c1cn(Cc2noc(-c3ccc(Br)cc3)n2)cn1)N1CCOCC1. The summed E-state index contributed by atoms with van der Waals surface area (Å²) < 4.78 is 39.7. The summed E-state index contributed by atoms with van der Waals surface area (Å²) >= 11 is 3.38. The van der Waals surface area contributed by atoms with E-state index in [1.165, 1.54) is 16.8 Å². The third-order valence-corrected chi connectivity index (χ3v) is 6.38. The molecule has 1 aliphatic rings. The highest BCUT2D eigenvalue weighted by Crippen LogP contribution is 2.20. The summed E-state index contributed by atoms with van der Waals surface area (Å²) in [6, 6.07) is 7.51. The molecule has 0 bridgehead atoms. The zero-order valence-corrected chi connectivity index (χ0v) is 16.6. The van der Waals surface area contributed by atoms with Crippen molar-refractivity contribution < 1.29 is 17.7 Å². The van der Waals surface area contributed by atoms with Crippen LogP contribution in [0.15, 0.2) is 50.8 Å². The number of sulfonamides is 1. The third kappa shape index (κ3) is 3.95. The summed E-state index contributed by atoms with van der Waals surface area (Å²) in [5, 5.41) is 3.95. The second kappa shape index (κ2) is 7.50. The predicted octanol–water partition coefficient (Wildman–Crippen LogP) is 1.76. The molecule has 1 aromatic carbocycles. The van der Waals surface area contributed by atoms with Crippen molar-refractivity contribution in [3.05, 3.63) is 47.1 Å². The van der Waals surface area contributed by atoms with Gasteiger partial charge in [-0.2, -0.15) is 9.29 Å². The average molecular weight is 454 g/mol. The molecule has 1 aliphatic heterocycles. The van der Waals surface area contributed by atoms with Crippen molar-refractivity contribution in [1.82, 2.24) is 24.0 Å². The van der Waals surface area contributed by atoms with E-state index in [4.69, 9.17) is 9.26 Å². The zero-order valence-electron chi connectivity index (χ0n) is 14.2. The Morgan fingerprint density at radius 2 is 1.89 bits per heavy atom. The van der Waals surface area contributed by atoms with E-state index in [0.29, 0.717) is 38.0 Å². The molecule has 0 spiro atoms. The first-order valence-corrected chi connectivity index (χ1v) is 10.4. The predicted molar refractivity (Wildman–Crippen MR) is 98.3 cm³/mol. The van der Waals surface area contributed by atoms with Crippen LogP contribution in [0.4, 0.5) is 0 Å². The maximum atomic E-state index is 12.6. The number of rotatable bonds is 5. The van der Waals surface area contributed by atoms with Gasteiger partial charge < -0.3 is 13.8 Å². The van der Waals surface area contributed by atoms with Gasteiger partial charge in [-0.25, -0.2) is 13.4 Å². The molecule has 0 aliphatic carbocycles. The van der Waals surface area contributed by atoms with E-state index in [0.717, 1.165) is 10.0 Å². The quantitative estimate of drug-likeness (QED) is 0.579. The second-order valence-corrected chi connectivity index (χ2v) is 8.72. The van der Waals surface area contributed by atoms with Crippen LogP contribution < -0.4 is 0 Å². The maximum absolute atomic E-state index is 12.6. The van der Waals surface area contributed by atoms with Crippen LogP contribution in [-0.4, -0.2) is 58.7 Å². The van der Waals surface area contributed by atoms with Crippen molar-refractivity contribution in [3.63, 3.8) is 0 Å². The van der Waals surface area contributed by atoms with Gasteiger partial charge in [-0.05, 0) is 24.3 Å². The molecule has 0 atom stereocenters. The van der Waals surface area contributed by atoms with E-state index >= 15 is 0 Å². The van der Waals surface area contributed by atoms with Crippen LogP contribution in [-0.2, 0) is 21.3 Å². The van der Waals surface area contributed by atoms with Crippen LogP contribution in [0.2, 0.25) is 0 Å². The summed E-state index contributed by atoms with van der Waals surface area (Å²) in [5.41, 5.74) is 0.804. The molecular weight excluding hydrogens is 438 g/mol. The summed E-state index contributed by atoms with van der Waals surface area (Å²) in [6.07, 6.45) is 2.92. The van der Waals surface area contributed by atoms with Gasteiger partial charge in [0.05, 0.1) is 26.1 Å². The van der Waals surface area contributed by atoms with Crippen molar-refractivity contribution >= 4 is 26.0 Å². The summed E-state index contributed by atoms with van der Waals surface area (Å²) in [6.45, 7) is 1.70. The molecule has 1 saturated heterocycles. The molecule has 0 amide bonds. The second-order valence-electron chi connectivity index (χ2n) is 5.92. The van der Waals surface area contributed by atoms with E-state index in [1.54, 1.807) is 4.57 Å². The van der Waals surface area contributed by atoms with Gasteiger partial charge in [0, 0.05) is 29.3 Å². The Kier molecular flexibility index (Phi) is 5.08. The topological polar surface area (TPSA) is 103 Å². The van der Waals surface area contributed by atoms with Gasteiger partial charge in [0.2, 0.25) is 0 Å². The number of benzene rings is 1. The van der Waals surface area contributed by atoms with Gasteiger partial charge in [-0.3, -0.25) is 0 Å². The van der Waals surface area contributed by atoms with E-state index in [9.17, 15) is 8.42 Å². The zero-order chi connectivity index (χ0) is 18.9. The minimum absolute atomic E-state index is 0.000952. The van der Waals surface area contributed by atoms with Crippen LogP contribution in [0.3, 0.4) is 0 Å². The van der Waals surface area contributed by atoms with Gasteiger partial charge in [0.25, 0.3) is 15.9 Å². The third-order valence-electron chi connectivity index (χ3n) is 4.07. The van der Waals surface area contributed by atoms with Crippen molar-refractivity contribution in [2.24, 2.45) is 0 Å². The summed E-state index contributed by atoms with van der Waals surface area (Å²) in [7, 11) is -3.62. The first kappa shape index (κ1) is 18.3. The molecule has 11 heteroatoms. The van der Waals surface area contributed by atoms with E-state index < -0.39 is 10.0 Å². The maximum Gasteiger partial charge on any atom is 0.262 e.